The summed E-state index contributed by atoms with van der Waals surface area (Å²) < 4.78 is 12.1. The van der Waals surface area contributed by atoms with Gasteiger partial charge in [0.25, 0.3) is 5.91 Å². The molecule has 0 bridgehead atoms. The Hall–Kier alpha value is -1.83. The van der Waals surface area contributed by atoms with Crippen LogP contribution in [-0.2, 0) is 4.79 Å². The minimum atomic E-state index is -0.155. The Morgan fingerprint density at radius 1 is 1.16 bits per heavy atom. The predicted octanol–water partition coefficient (Wildman–Crippen LogP) is 4.87. The quantitative estimate of drug-likeness (QED) is 0.505. The van der Waals surface area contributed by atoms with Crippen LogP contribution >= 0.6 is 39.9 Å². The molecule has 2 aromatic rings. The van der Waals surface area contributed by atoms with Crippen molar-refractivity contribution in [2.24, 2.45) is 0 Å². The van der Waals surface area contributed by atoms with Crippen LogP contribution in [0.4, 0.5) is 5.69 Å². The number of rotatable bonds is 4. The van der Waals surface area contributed by atoms with E-state index in [1.165, 1.54) is 16.7 Å². The van der Waals surface area contributed by atoms with Crippen LogP contribution in [0.5, 0.6) is 11.5 Å². The van der Waals surface area contributed by atoms with Gasteiger partial charge in [0.1, 0.15) is 0 Å². The smallest absolute Gasteiger partial charge is 0.270 e. The minimum Gasteiger partial charge on any atom is -0.493 e. The number of hydrogen-bond donors (Lipinski definition) is 0. The third-order valence-corrected chi connectivity index (χ3v) is 5.38. The number of carbonyl (C=O) groups is 1. The number of hydrogen-bond acceptors (Lipinski definition) is 5. The van der Waals surface area contributed by atoms with E-state index >= 15 is 0 Å². The molecule has 0 saturated carbocycles. The Kier molecular flexibility index (Phi) is 5.46. The summed E-state index contributed by atoms with van der Waals surface area (Å²) in [6, 6.07) is 13.0. The van der Waals surface area contributed by atoms with Crippen molar-refractivity contribution in [1.82, 2.24) is 0 Å². The number of nitrogens with zero attached hydrogens (tertiary/aromatic N) is 1. The van der Waals surface area contributed by atoms with Crippen molar-refractivity contribution in [2.45, 2.75) is 0 Å². The van der Waals surface area contributed by atoms with E-state index in [0.29, 0.717) is 20.7 Å². The molecule has 2 aromatic carbocycles. The average Bonchev–Trinajstić information content (AvgIpc) is 2.88. The zero-order valence-corrected chi connectivity index (χ0v) is 16.7. The number of para-hydroxylation sites is 1. The van der Waals surface area contributed by atoms with Crippen molar-refractivity contribution in [3.8, 4) is 11.5 Å². The highest BCUT2D eigenvalue weighted by Gasteiger charge is 2.33. The van der Waals surface area contributed by atoms with Crippen molar-refractivity contribution in [3.05, 3.63) is 57.4 Å². The van der Waals surface area contributed by atoms with Crippen LogP contribution in [0.3, 0.4) is 0 Å². The van der Waals surface area contributed by atoms with Gasteiger partial charge in [-0.3, -0.25) is 9.69 Å². The Balaban J connectivity index is 1.99. The lowest BCUT2D eigenvalue weighted by Gasteiger charge is -2.14. The molecule has 0 unspecified atom stereocenters. The van der Waals surface area contributed by atoms with Gasteiger partial charge in [0.05, 0.1) is 24.8 Å². The maximum absolute atomic E-state index is 12.8. The van der Waals surface area contributed by atoms with Crippen LogP contribution in [-0.4, -0.2) is 24.4 Å². The number of halogens is 1. The molecule has 25 heavy (non-hydrogen) atoms. The van der Waals surface area contributed by atoms with Gasteiger partial charge >= 0.3 is 0 Å². The van der Waals surface area contributed by atoms with Crippen molar-refractivity contribution >= 4 is 61.9 Å². The second-order valence-corrected chi connectivity index (χ2v) is 7.67. The molecule has 1 fully saturated rings. The summed E-state index contributed by atoms with van der Waals surface area (Å²) >= 11 is 10.1. The summed E-state index contributed by atoms with van der Waals surface area (Å²) in [6.45, 7) is 0. The maximum atomic E-state index is 12.8. The molecule has 1 aliphatic heterocycles. The minimum absolute atomic E-state index is 0.155. The highest BCUT2D eigenvalue weighted by molar-refractivity contribution is 9.10. The molecule has 1 amide bonds. The van der Waals surface area contributed by atoms with Crippen LogP contribution in [0.2, 0.25) is 0 Å². The van der Waals surface area contributed by atoms with Gasteiger partial charge in [0.2, 0.25) is 0 Å². The first-order chi connectivity index (χ1) is 12.0. The van der Waals surface area contributed by atoms with E-state index in [0.717, 1.165) is 15.7 Å². The van der Waals surface area contributed by atoms with E-state index < -0.39 is 0 Å². The van der Waals surface area contributed by atoms with E-state index in [-0.39, 0.29) is 5.91 Å². The zero-order valence-electron chi connectivity index (χ0n) is 13.5. The SMILES string of the molecule is COc1cccc(/C=C2\SC(=S)N(c3cccc(Br)c3)C2=O)c1OC. The van der Waals surface area contributed by atoms with E-state index in [4.69, 9.17) is 21.7 Å². The third-order valence-electron chi connectivity index (χ3n) is 3.58. The van der Waals surface area contributed by atoms with Crippen LogP contribution in [0.15, 0.2) is 51.8 Å². The molecule has 128 valence electrons. The molecular formula is C18H14BrNO3S2. The number of carbonyl (C=O) groups excluding carboxylic acids is 1. The lowest BCUT2D eigenvalue weighted by molar-refractivity contribution is -0.113. The van der Waals surface area contributed by atoms with Gasteiger partial charge < -0.3 is 9.47 Å². The number of methoxy groups -OCH3 is 2. The first-order valence-electron chi connectivity index (χ1n) is 7.29. The summed E-state index contributed by atoms with van der Waals surface area (Å²) in [7, 11) is 3.15. The number of anilines is 1. The third kappa shape index (κ3) is 3.58. The van der Waals surface area contributed by atoms with Gasteiger partial charge in [-0.25, -0.2) is 0 Å². The molecule has 0 aliphatic carbocycles. The second-order valence-electron chi connectivity index (χ2n) is 5.08. The highest BCUT2D eigenvalue weighted by Crippen LogP contribution is 2.39. The summed E-state index contributed by atoms with van der Waals surface area (Å²) in [5.41, 5.74) is 1.49. The van der Waals surface area contributed by atoms with E-state index in [1.54, 1.807) is 20.3 Å². The first-order valence-corrected chi connectivity index (χ1v) is 9.31. The molecule has 7 heteroatoms. The summed E-state index contributed by atoms with van der Waals surface area (Å²) in [5, 5.41) is 0. The highest BCUT2D eigenvalue weighted by atomic mass is 79.9. The van der Waals surface area contributed by atoms with Crippen LogP contribution < -0.4 is 14.4 Å². The average molecular weight is 436 g/mol. The van der Waals surface area contributed by atoms with Crippen molar-refractivity contribution < 1.29 is 14.3 Å². The maximum Gasteiger partial charge on any atom is 0.270 e. The fourth-order valence-corrected chi connectivity index (χ4v) is 4.15. The number of thiocarbonyl (C=S) groups is 1. The van der Waals surface area contributed by atoms with Crippen LogP contribution in [0, 0.1) is 0 Å². The molecule has 3 rings (SSSR count). The standard InChI is InChI=1S/C18H14BrNO3S2/c1-22-14-8-3-5-11(16(14)23-2)9-15-17(21)20(18(24)25-15)13-7-4-6-12(19)10-13/h3-10H,1-2H3/b15-9-. The van der Waals surface area contributed by atoms with Crippen molar-refractivity contribution in [3.63, 3.8) is 0 Å². The first kappa shape index (κ1) is 18.0. The summed E-state index contributed by atoms with van der Waals surface area (Å²) in [6.07, 6.45) is 1.78. The molecule has 0 aromatic heterocycles. The topological polar surface area (TPSA) is 38.8 Å². The second kappa shape index (κ2) is 7.59. The summed E-state index contributed by atoms with van der Waals surface area (Å²) in [4.78, 5) is 14.9. The molecule has 1 heterocycles. The largest absolute Gasteiger partial charge is 0.493 e. The van der Waals surface area contributed by atoms with Gasteiger partial charge in [0.15, 0.2) is 15.8 Å². The molecule has 0 spiro atoms. The normalized spacial score (nSPS) is 15.8. The lowest BCUT2D eigenvalue weighted by atomic mass is 10.1. The Labute approximate surface area is 163 Å². The number of thioether (sulfide) groups is 1. The zero-order chi connectivity index (χ0) is 18.0. The van der Waals surface area contributed by atoms with E-state index in [9.17, 15) is 4.79 Å². The number of benzene rings is 2. The van der Waals surface area contributed by atoms with Gasteiger partial charge in [-0.15, -0.1) is 0 Å². The molecule has 1 saturated heterocycles. The van der Waals surface area contributed by atoms with Crippen molar-refractivity contribution in [1.29, 1.82) is 0 Å². The molecule has 4 nitrogen and oxygen atoms in total. The Morgan fingerprint density at radius 2 is 1.92 bits per heavy atom. The molecule has 1 aliphatic rings. The van der Waals surface area contributed by atoms with E-state index in [2.05, 4.69) is 15.9 Å². The van der Waals surface area contributed by atoms with E-state index in [1.807, 2.05) is 42.5 Å². The fraction of sp³-hybridized carbons (Fsp3) is 0.111. The molecule has 0 atom stereocenters. The van der Waals surface area contributed by atoms with Gasteiger partial charge in [-0.05, 0) is 30.3 Å². The van der Waals surface area contributed by atoms with Crippen LogP contribution in [0.1, 0.15) is 5.56 Å². The Morgan fingerprint density at radius 3 is 2.60 bits per heavy atom. The van der Waals surface area contributed by atoms with Gasteiger partial charge in [-0.1, -0.05) is 58.1 Å². The fourth-order valence-electron chi connectivity index (χ4n) is 2.47. The molecular weight excluding hydrogens is 422 g/mol. The van der Waals surface area contributed by atoms with Gasteiger partial charge in [-0.2, -0.15) is 0 Å². The van der Waals surface area contributed by atoms with Crippen molar-refractivity contribution in [2.75, 3.05) is 19.1 Å². The monoisotopic (exact) mass is 435 g/mol. The molecule has 0 radical (unpaired) electrons. The summed E-state index contributed by atoms with van der Waals surface area (Å²) in [5.74, 6) is 1.04. The van der Waals surface area contributed by atoms with Crippen LogP contribution in [0.25, 0.3) is 6.08 Å². The molecule has 0 N–H and O–H groups in total. The lowest BCUT2D eigenvalue weighted by Crippen LogP contribution is -2.27. The number of amides is 1. The van der Waals surface area contributed by atoms with Gasteiger partial charge in [0, 0.05) is 10.0 Å². The Bertz CT molecular complexity index is 882. The predicted molar refractivity (Wildman–Crippen MR) is 109 cm³/mol. The number of ether oxygens (including phenoxy) is 2.